The lowest BCUT2D eigenvalue weighted by Gasteiger charge is -2.13. The van der Waals surface area contributed by atoms with Crippen LogP contribution in [0.1, 0.15) is 36.8 Å². The molecule has 0 saturated carbocycles. The van der Waals surface area contributed by atoms with E-state index in [0.717, 1.165) is 18.4 Å². The van der Waals surface area contributed by atoms with Crippen molar-refractivity contribution in [2.75, 3.05) is 6.54 Å². The number of carbonyl (C=O) groups is 2. The van der Waals surface area contributed by atoms with E-state index in [4.69, 9.17) is 22.6 Å². The maximum absolute atomic E-state index is 12.4. The van der Waals surface area contributed by atoms with Gasteiger partial charge in [0, 0.05) is 13.0 Å². The minimum atomic E-state index is -0.800. The number of nitrogens with zero attached hydrogens (tertiary/aromatic N) is 2. The molecule has 0 aliphatic carbocycles. The number of thioether (sulfide) groups is 1. The summed E-state index contributed by atoms with van der Waals surface area (Å²) < 4.78 is 0.526. The first kappa shape index (κ1) is 18.2. The molecular weight excluding hydrogens is 344 g/mol. The van der Waals surface area contributed by atoms with Crippen molar-refractivity contribution >= 4 is 46.3 Å². The molecule has 124 valence electrons. The first-order chi connectivity index (χ1) is 11.5. The van der Waals surface area contributed by atoms with Crippen LogP contribution in [-0.2, 0) is 9.59 Å². The van der Waals surface area contributed by atoms with Crippen molar-refractivity contribution in [3.05, 3.63) is 40.3 Å². The summed E-state index contributed by atoms with van der Waals surface area (Å²) in [5, 5.41) is 17.4. The highest BCUT2D eigenvalue weighted by atomic mass is 32.2. The fourth-order valence-corrected chi connectivity index (χ4v) is 3.53. The van der Waals surface area contributed by atoms with Gasteiger partial charge in [0.2, 0.25) is 0 Å². The lowest BCUT2D eigenvalue weighted by atomic mass is 10.1. The third-order valence-corrected chi connectivity index (χ3v) is 4.86. The number of hydrogen-bond donors (Lipinski definition) is 1. The van der Waals surface area contributed by atoms with Crippen molar-refractivity contribution in [3.63, 3.8) is 0 Å². The fraction of sp³-hybridized carbons (Fsp3) is 0.294. The van der Waals surface area contributed by atoms with E-state index in [0.29, 0.717) is 27.8 Å². The van der Waals surface area contributed by atoms with Gasteiger partial charge in [0.25, 0.3) is 5.91 Å². The van der Waals surface area contributed by atoms with Gasteiger partial charge in [0.05, 0.1) is 16.5 Å². The molecule has 0 spiro atoms. The Morgan fingerprint density at radius 2 is 2.00 bits per heavy atom. The highest BCUT2D eigenvalue weighted by Crippen LogP contribution is 2.32. The highest BCUT2D eigenvalue weighted by molar-refractivity contribution is 8.26. The van der Waals surface area contributed by atoms with E-state index in [1.54, 1.807) is 35.2 Å². The molecule has 0 atom stereocenters. The summed E-state index contributed by atoms with van der Waals surface area (Å²) in [7, 11) is 0. The van der Waals surface area contributed by atoms with E-state index in [2.05, 4.69) is 6.07 Å². The molecular formula is C17H16N2O3S2. The number of hydrogen-bond acceptors (Lipinski definition) is 5. The smallest absolute Gasteiger partial charge is 0.303 e. The highest BCUT2D eigenvalue weighted by Gasteiger charge is 2.31. The second-order valence-electron chi connectivity index (χ2n) is 5.27. The van der Waals surface area contributed by atoms with E-state index in [9.17, 15) is 9.59 Å². The second-order valence-corrected chi connectivity index (χ2v) is 6.95. The number of aliphatic carboxylic acids is 1. The minimum absolute atomic E-state index is 0.118. The predicted molar refractivity (Wildman–Crippen MR) is 97.1 cm³/mol. The Kier molecular flexibility index (Phi) is 6.53. The largest absolute Gasteiger partial charge is 0.481 e. The Hall–Kier alpha value is -2.17. The molecule has 0 radical (unpaired) electrons. The van der Waals surface area contributed by atoms with Crippen molar-refractivity contribution in [1.82, 2.24) is 4.90 Å². The second kappa shape index (κ2) is 8.62. The van der Waals surface area contributed by atoms with Crippen LogP contribution >= 0.6 is 24.0 Å². The Balaban J connectivity index is 1.93. The summed E-state index contributed by atoms with van der Waals surface area (Å²) in [4.78, 5) is 25.0. The van der Waals surface area contributed by atoms with E-state index < -0.39 is 5.97 Å². The van der Waals surface area contributed by atoms with Gasteiger partial charge < -0.3 is 5.11 Å². The van der Waals surface area contributed by atoms with E-state index >= 15 is 0 Å². The Morgan fingerprint density at radius 3 is 2.62 bits per heavy atom. The summed E-state index contributed by atoms with van der Waals surface area (Å²) in [5.74, 6) is -0.918. The van der Waals surface area contributed by atoms with Crippen LogP contribution in [0, 0.1) is 11.3 Å². The summed E-state index contributed by atoms with van der Waals surface area (Å²) in [6.07, 6.45) is 4.00. The first-order valence-corrected chi connectivity index (χ1v) is 8.71. The van der Waals surface area contributed by atoms with Gasteiger partial charge in [-0.2, -0.15) is 5.26 Å². The standard InChI is InChI=1S/C17H16N2O3S2/c18-11-13-7-5-12(6-8-13)10-14-16(22)19(17(23)24-14)9-3-1-2-4-15(20)21/h5-8,10H,1-4,9H2,(H,20,21)/b14-10+. The molecule has 1 aromatic rings. The van der Waals surface area contributed by atoms with E-state index in [1.807, 2.05) is 0 Å². The quantitative estimate of drug-likeness (QED) is 0.456. The molecule has 0 unspecified atom stereocenters. The molecule has 2 rings (SSSR count). The predicted octanol–water partition coefficient (Wildman–Crippen LogP) is 3.40. The molecule has 1 fully saturated rings. The first-order valence-electron chi connectivity index (χ1n) is 7.48. The zero-order valence-corrected chi connectivity index (χ0v) is 14.5. The third-order valence-electron chi connectivity index (χ3n) is 3.48. The van der Waals surface area contributed by atoms with Crippen LogP contribution in [0.2, 0.25) is 0 Å². The number of thiocarbonyl (C=S) groups is 1. The molecule has 7 heteroatoms. The van der Waals surface area contributed by atoms with E-state index in [1.165, 1.54) is 11.8 Å². The van der Waals surface area contributed by atoms with Crippen LogP contribution in [0.25, 0.3) is 6.08 Å². The molecule has 24 heavy (non-hydrogen) atoms. The van der Waals surface area contributed by atoms with Crippen molar-refractivity contribution < 1.29 is 14.7 Å². The monoisotopic (exact) mass is 360 g/mol. The Morgan fingerprint density at radius 1 is 1.29 bits per heavy atom. The van der Waals surface area contributed by atoms with Gasteiger partial charge in [0.15, 0.2) is 0 Å². The SMILES string of the molecule is N#Cc1ccc(/C=C2/SC(=S)N(CCCCCC(=O)O)C2=O)cc1. The number of carboxylic acid groups (broad SMARTS) is 1. The fourth-order valence-electron chi connectivity index (χ4n) is 2.22. The normalized spacial score (nSPS) is 15.8. The van der Waals surface area contributed by atoms with Crippen molar-refractivity contribution in [1.29, 1.82) is 5.26 Å². The van der Waals surface area contributed by atoms with E-state index in [-0.39, 0.29) is 12.3 Å². The van der Waals surface area contributed by atoms with Crippen LogP contribution in [0.4, 0.5) is 0 Å². The molecule has 1 N–H and O–H groups in total. The topological polar surface area (TPSA) is 81.4 Å². The lowest BCUT2D eigenvalue weighted by molar-refractivity contribution is -0.137. The Labute approximate surface area is 150 Å². The molecule has 5 nitrogen and oxygen atoms in total. The summed E-state index contributed by atoms with van der Waals surface area (Å²) in [5.41, 5.74) is 1.41. The van der Waals surface area contributed by atoms with Crippen molar-refractivity contribution in [3.8, 4) is 6.07 Å². The molecule has 1 saturated heterocycles. The number of amides is 1. The van der Waals surface area contributed by atoms with Crippen molar-refractivity contribution in [2.24, 2.45) is 0 Å². The molecule has 1 amide bonds. The van der Waals surface area contributed by atoms with Gasteiger partial charge in [0.1, 0.15) is 4.32 Å². The number of unbranched alkanes of at least 4 members (excludes halogenated alkanes) is 2. The zero-order valence-electron chi connectivity index (χ0n) is 12.9. The van der Waals surface area contributed by atoms with Crippen LogP contribution in [-0.4, -0.2) is 32.7 Å². The number of carbonyl (C=O) groups excluding carboxylic acids is 1. The lowest BCUT2D eigenvalue weighted by Crippen LogP contribution is -2.29. The molecule has 1 aliphatic rings. The summed E-state index contributed by atoms with van der Waals surface area (Å²) in [6, 6.07) is 9.04. The summed E-state index contributed by atoms with van der Waals surface area (Å²) in [6.45, 7) is 0.509. The number of carboxylic acids is 1. The van der Waals surface area contributed by atoms with Gasteiger partial charge >= 0.3 is 5.97 Å². The van der Waals surface area contributed by atoms with Gasteiger partial charge in [-0.05, 0) is 36.6 Å². The molecule has 1 heterocycles. The molecule has 1 aliphatic heterocycles. The third kappa shape index (κ3) is 4.91. The van der Waals surface area contributed by atoms with Crippen LogP contribution in [0.5, 0.6) is 0 Å². The molecule has 1 aromatic carbocycles. The minimum Gasteiger partial charge on any atom is -0.481 e. The van der Waals surface area contributed by atoms with Gasteiger partial charge in [-0.15, -0.1) is 0 Å². The summed E-state index contributed by atoms with van der Waals surface area (Å²) >= 11 is 6.53. The molecule has 0 aromatic heterocycles. The molecule has 0 bridgehead atoms. The number of benzene rings is 1. The average Bonchev–Trinajstić information content (AvgIpc) is 2.82. The average molecular weight is 360 g/mol. The van der Waals surface area contributed by atoms with Crippen LogP contribution in [0.3, 0.4) is 0 Å². The maximum Gasteiger partial charge on any atom is 0.303 e. The zero-order chi connectivity index (χ0) is 17.5. The van der Waals surface area contributed by atoms with Crippen LogP contribution < -0.4 is 0 Å². The number of nitriles is 1. The van der Waals surface area contributed by atoms with Gasteiger partial charge in [-0.25, -0.2) is 0 Å². The van der Waals surface area contributed by atoms with Gasteiger partial charge in [-0.3, -0.25) is 14.5 Å². The number of rotatable bonds is 7. The van der Waals surface area contributed by atoms with Gasteiger partial charge in [-0.1, -0.05) is 42.5 Å². The van der Waals surface area contributed by atoms with Crippen molar-refractivity contribution in [2.45, 2.75) is 25.7 Å². The maximum atomic E-state index is 12.4. The van der Waals surface area contributed by atoms with Crippen LogP contribution in [0.15, 0.2) is 29.2 Å². The Bertz CT molecular complexity index is 720.